The van der Waals surface area contributed by atoms with E-state index in [1.54, 1.807) is 10.9 Å². The molecule has 5 heteroatoms. The highest BCUT2D eigenvalue weighted by Crippen LogP contribution is 2.18. The minimum Gasteiger partial charge on any atom is -0.383 e. The summed E-state index contributed by atoms with van der Waals surface area (Å²) in [5.41, 5.74) is 14.5. The van der Waals surface area contributed by atoms with Crippen LogP contribution in [0.1, 0.15) is 5.56 Å². The van der Waals surface area contributed by atoms with Gasteiger partial charge in [0, 0.05) is 0 Å². The average molecular weight is 277 g/mol. The van der Waals surface area contributed by atoms with Gasteiger partial charge in [-0.15, -0.1) is 0 Å². The largest absolute Gasteiger partial charge is 0.383 e. The van der Waals surface area contributed by atoms with Crippen molar-refractivity contribution in [2.45, 2.75) is 0 Å². The summed E-state index contributed by atoms with van der Waals surface area (Å²) < 4.78 is 1.64. The molecule has 0 amide bonds. The van der Waals surface area contributed by atoms with Gasteiger partial charge in [0.2, 0.25) is 0 Å². The molecular weight excluding hydrogens is 262 g/mol. The summed E-state index contributed by atoms with van der Waals surface area (Å²) in [6.45, 7) is 0. The van der Waals surface area contributed by atoms with E-state index in [4.69, 9.17) is 11.5 Å². The Kier molecular flexibility index (Phi) is 3.39. The van der Waals surface area contributed by atoms with Crippen molar-refractivity contribution in [3.05, 3.63) is 72.4 Å². The van der Waals surface area contributed by atoms with Crippen LogP contribution in [0.3, 0.4) is 0 Å². The minimum atomic E-state index is 0.348. The Morgan fingerprint density at radius 1 is 0.952 bits per heavy atom. The number of nitrogen functional groups attached to an aromatic ring is 1. The van der Waals surface area contributed by atoms with Crippen LogP contribution in [0.4, 0.5) is 11.5 Å². The molecule has 0 spiro atoms. The lowest BCUT2D eigenvalue weighted by atomic mass is 10.2. The summed E-state index contributed by atoms with van der Waals surface area (Å²) >= 11 is 0. The number of hydrogen-bond acceptors (Lipinski definition) is 3. The van der Waals surface area contributed by atoms with Crippen molar-refractivity contribution in [3.63, 3.8) is 0 Å². The van der Waals surface area contributed by atoms with Crippen molar-refractivity contribution in [1.82, 2.24) is 9.78 Å². The number of anilines is 1. The van der Waals surface area contributed by atoms with Crippen molar-refractivity contribution in [3.8, 4) is 5.69 Å². The lowest BCUT2D eigenvalue weighted by Gasteiger charge is -2.04. The van der Waals surface area contributed by atoms with Gasteiger partial charge < -0.3 is 11.5 Å². The first kappa shape index (κ1) is 12.9. The van der Waals surface area contributed by atoms with Crippen LogP contribution in [0.15, 0.2) is 71.9 Å². The molecule has 104 valence electrons. The quantitative estimate of drug-likeness (QED) is 0.570. The Balaban J connectivity index is 1.98. The smallest absolute Gasteiger partial charge is 0.138 e. The second kappa shape index (κ2) is 5.50. The predicted molar refractivity (Wildman–Crippen MR) is 84.8 cm³/mol. The fourth-order valence-corrected chi connectivity index (χ4v) is 2.03. The van der Waals surface area contributed by atoms with E-state index in [1.165, 1.54) is 0 Å². The molecule has 2 aromatic carbocycles. The predicted octanol–water partition coefficient (Wildman–Crippen LogP) is 2.49. The van der Waals surface area contributed by atoms with Crippen LogP contribution in [0.5, 0.6) is 0 Å². The first-order valence-electron chi connectivity index (χ1n) is 6.54. The zero-order valence-corrected chi connectivity index (χ0v) is 11.3. The van der Waals surface area contributed by atoms with Crippen LogP contribution in [-0.2, 0) is 0 Å². The van der Waals surface area contributed by atoms with Crippen LogP contribution >= 0.6 is 0 Å². The fraction of sp³-hybridized carbons (Fsp3) is 0. The van der Waals surface area contributed by atoms with E-state index in [0.717, 1.165) is 11.4 Å². The maximum absolute atomic E-state index is 6.13. The molecule has 0 aliphatic carbocycles. The summed E-state index contributed by atoms with van der Waals surface area (Å²) in [6.07, 6.45) is 1.63. The zero-order valence-electron chi connectivity index (χ0n) is 11.3. The van der Waals surface area contributed by atoms with E-state index in [1.807, 2.05) is 60.7 Å². The molecule has 1 heterocycles. The molecule has 21 heavy (non-hydrogen) atoms. The highest BCUT2D eigenvalue weighted by Gasteiger charge is 2.12. The molecular formula is C16H15N5. The first-order chi connectivity index (χ1) is 10.3. The minimum absolute atomic E-state index is 0.348. The van der Waals surface area contributed by atoms with Gasteiger partial charge in [0.1, 0.15) is 11.7 Å². The van der Waals surface area contributed by atoms with Gasteiger partial charge in [-0.3, -0.25) is 0 Å². The Labute approximate surface area is 122 Å². The van der Waals surface area contributed by atoms with Crippen LogP contribution in [0.25, 0.3) is 5.69 Å². The number of para-hydroxylation sites is 2. The number of hydrogen-bond donors (Lipinski definition) is 2. The van der Waals surface area contributed by atoms with E-state index < -0.39 is 0 Å². The summed E-state index contributed by atoms with van der Waals surface area (Å²) in [7, 11) is 0. The summed E-state index contributed by atoms with van der Waals surface area (Å²) in [6, 6.07) is 19.2. The van der Waals surface area contributed by atoms with Crippen LogP contribution in [-0.4, -0.2) is 15.6 Å². The van der Waals surface area contributed by atoms with Crippen molar-refractivity contribution in [2.24, 2.45) is 10.7 Å². The SMILES string of the molecule is NC(=Nc1ccccc1)c1cnn(-c2ccccc2)c1N. The molecule has 0 bridgehead atoms. The van der Waals surface area contributed by atoms with E-state index in [2.05, 4.69) is 10.1 Å². The van der Waals surface area contributed by atoms with Crippen molar-refractivity contribution in [2.75, 3.05) is 5.73 Å². The number of nitrogens with zero attached hydrogens (tertiary/aromatic N) is 3. The molecule has 0 saturated heterocycles. The van der Waals surface area contributed by atoms with Crippen LogP contribution < -0.4 is 11.5 Å². The standard InChI is InChI=1S/C16H15N5/c17-15(20-12-7-3-1-4-8-12)14-11-19-21(16(14)18)13-9-5-2-6-10-13/h1-11H,18H2,(H2,17,20). The molecule has 0 fully saturated rings. The number of aliphatic imine (C=N–C) groups is 1. The molecule has 0 radical (unpaired) electrons. The third kappa shape index (κ3) is 2.62. The monoisotopic (exact) mass is 277 g/mol. The molecule has 4 N–H and O–H groups in total. The topological polar surface area (TPSA) is 82.2 Å². The van der Waals surface area contributed by atoms with Crippen molar-refractivity contribution >= 4 is 17.3 Å². The fourth-order valence-electron chi connectivity index (χ4n) is 2.03. The van der Waals surface area contributed by atoms with E-state index in [9.17, 15) is 0 Å². The number of benzene rings is 2. The third-order valence-electron chi connectivity index (χ3n) is 3.09. The number of nitrogens with two attached hydrogens (primary N) is 2. The Bertz CT molecular complexity index is 760. The molecule has 5 nitrogen and oxygen atoms in total. The van der Waals surface area contributed by atoms with Gasteiger partial charge in [0.25, 0.3) is 0 Å². The van der Waals surface area contributed by atoms with Gasteiger partial charge in [-0.25, -0.2) is 9.67 Å². The van der Waals surface area contributed by atoms with Gasteiger partial charge >= 0.3 is 0 Å². The number of aromatic nitrogens is 2. The molecule has 3 aromatic rings. The molecule has 1 aromatic heterocycles. The Hall–Kier alpha value is -3.08. The number of amidine groups is 1. The molecule has 3 rings (SSSR count). The normalized spacial score (nSPS) is 11.5. The van der Waals surface area contributed by atoms with Gasteiger partial charge in [-0.1, -0.05) is 36.4 Å². The molecule has 0 aliphatic heterocycles. The molecule has 0 unspecified atom stereocenters. The lowest BCUT2D eigenvalue weighted by Crippen LogP contribution is -2.15. The molecule has 0 aliphatic rings. The summed E-state index contributed by atoms with van der Waals surface area (Å²) in [5.74, 6) is 0.819. The lowest BCUT2D eigenvalue weighted by molar-refractivity contribution is 0.891. The van der Waals surface area contributed by atoms with Gasteiger partial charge in [-0.2, -0.15) is 5.10 Å². The Morgan fingerprint density at radius 3 is 2.24 bits per heavy atom. The summed E-state index contributed by atoms with van der Waals surface area (Å²) in [4.78, 5) is 4.36. The highest BCUT2D eigenvalue weighted by atomic mass is 15.3. The van der Waals surface area contributed by atoms with E-state index in [-0.39, 0.29) is 0 Å². The van der Waals surface area contributed by atoms with E-state index in [0.29, 0.717) is 17.2 Å². The van der Waals surface area contributed by atoms with Crippen molar-refractivity contribution < 1.29 is 0 Å². The second-order valence-electron chi connectivity index (χ2n) is 4.52. The molecule has 0 saturated carbocycles. The maximum Gasteiger partial charge on any atom is 0.138 e. The Morgan fingerprint density at radius 2 is 1.57 bits per heavy atom. The van der Waals surface area contributed by atoms with Crippen LogP contribution in [0.2, 0.25) is 0 Å². The highest BCUT2D eigenvalue weighted by molar-refractivity contribution is 6.02. The molecule has 0 atom stereocenters. The third-order valence-corrected chi connectivity index (χ3v) is 3.09. The maximum atomic E-state index is 6.13. The van der Waals surface area contributed by atoms with Gasteiger partial charge in [-0.05, 0) is 24.3 Å². The zero-order chi connectivity index (χ0) is 14.7. The first-order valence-corrected chi connectivity index (χ1v) is 6.54. The van der Waals surface area contributed by atoms with Crippen molar-refractivity contribution in [1.29, 1.82) is 0 Å². The number of rotatable bonds is 3. The summed E-state index contributed by atoms with van der Waals surface area (Å²) in [5, 5.41) is 4.28. The van der Waals surface area contributed by atoms with Crippen LogP contribution in [0, 0.1) is 0 Å². The second-order valence-corrected chi connectivity index (χ2v) is 4.52. The van der Waals surface area contributed by atoms with E-state index >= 15 is 0 Å². The van der Waals surface area contributed by atoms with Gasteiger partial charge in [0.05, 0.1) is 23.1 Å². The average Bonchev–Trinajstić information content (AvgIpc) is 2.91. The van der Waals surface area contributed by atoms with Gasteiger partial charge in [0.15, 0.2) is 0 Å².